The van der Waals surface area contributed by atoms with Gasteiger partial charge in [0.05, 0.1) is 17.6 Å². The van der Waals surface area contributed by atoms with Crippen LogP contribution in [0, 0.1) is 0 Å². The van der Waals surface area contributed by atoms with Crippen LogP contribution in [0.25, 0.3) is 0 Å². The van der Waals surface area contributed by atoms with Crippen molar-refractivity contribution in [3.05, 3.63) is 29.3 Å². The van der Waals surface area contributed by atoms with Crippen molar-refractivity contribution in [3.8, 4) is 0 Å². The molecule has 0 saturated carbocycles. The summed E-state index contributed by atoms with van der Waals surface area (Å²) in [5.74, 6) is -0.526. The molecule has 4 nitrogen and oxygen atoms in total. The van der Waals surface area contributed by atoms with Crippen LogP contribution in [0.15, 0.2) is 23.1 Å². The summed E-state index contributed by atoms with van der Waals surface area (Å²) in [7, 11) is -2.06. The van der Waals surface area contributed by atoms with E-state index in [9.17, 15) is 13.2 Å². The van der Waals surface area contributed by atoms with Crippen LogP contribution in [-0.4, -0.2) is 27.8 Å². The molecule has 1 rings (SSSR count). The van der Waals surface area contributed by atoms with E-state index in [2.05, 4.69) is 4.74 Å². The van der Waals surface area contributed by atoms with Crippen LogP contribution < -0.4 is 0 Å². The Balaban J connectivity index is 3.25. The van der Waals surface area contributed by atoms with Gasteiger partial charge in [-0.3, -0.25) is 0 Å². The van der Waals surface area contributed by atoms with E-state index < -0.39 is 15.8 Å². The average molecular weight is 270 g/mol. The second kappa shape index (κ2) is 6.00. The molecule has 18 heavy (non-hydrogen) atoms. The zero-order chi connectivity index (χ0) is 13.8. The monoisotopic (exact) mass is 270 g/mol. The van der Waals surface area contributed by atoms with Gasteiger partial charge in [0.25, 0.3) is 0 Å². The average Bonchev–Trinajstić information content (AvgIpc) is 2.34. The summed E-state index contributed by atoms with van der Waals surface area (Å²) < 4.78 is 28.0. The molecule has 0 bridgehead atoms. The summed E-state index contributed by atoms with van der Waals surface area (Å²) in [5, 5.41) is 0. The lowest BCUT2D eigenvalue weighted by molar-refractivity contribution is 0.0600. The number of unbranched alkanes of at least 4 members (excludes halogenated alkanes) is 1. The van der Waals surface area contributed by atoms with Crippen LogP contribution in [0.2, 0.25) is 0 Å². The van der Waals surface area contributed by atoms with Crippen molar-refractivity contribution in [2.45, 2.75) is 31.1 Å². The number of esters is 1. The fourth-order valence-corrected chi connectivity index (χ4v) is 2.71. The first-order valence-corrected chi connectivity index (χ1v) is 7.70. The van der Waals surface area contributed by atoms with E-state index in [1.807, 2.05) is 6.92 Å². The normalized spacial score (nSPS) is 11.3. The summed E-state index contributed by atoms with van der Waals surface area (Å²) in [5.41, 5.74) is 1.02. The molecular formula is C13H18O4S. The van der Waals surface area contributed by atoms with Crippen LogP contribution in [-0.2, 0) is 21.0 Å². The van der Waals surface area contributed by atoms with E-state index in [0.29, 0.717) is 6.42 Å². The summed E-state index contributed by atoms with van der Waals surface area (Å²) in [6.45, 7) is 2.04. The van der Waals surface area contributed by atoms with E-state index >= 15 is 0 Å². The van der Waals surface area contributed by atoms with Gasteiger partial charge in [0, 0.05) is 6.26 Å². The number of aryl methyl sites for hydroxylation is 1. The highest BCUT2D eigenvalue weighted by molar-refractivity contribution is 7.90. The first kappa shape index (κ1) is 14.7. The summed E-state index contributed by atoms with van der Waals surface area (Å²) >= 11 is 0. The molecule has 0 amide bonds. The Labute approximate surface area is 108 Å². The van der Waals surface area contributed by atoms with Crippen LogP contribution in [0.5, 0.6) is 0 Å². The van der Waals surface area contributed by atoms with Crippen molar-refractivity contribution in [1.82, 2.24) is 0 Å². The van der Waals surface area contributed by atoms with Gasteiger partial charge in [-0.2, -0.15) is 0 Å². The predicted molar refractivity (Wildman–Crippen MR) is 69.5 cm³/mol. The minimum absolute atomic E-state index is 0.221. The van der Waals surface area contributed by atoms with Gasteiger partial charge < -0.3 is 4.74 Å². The minimum Gasteiger partial charge on any atom is -0.465 e. The van der Waals surface area contributed by atoms with Gasteiger partial charge in [0.1, 0.15) is 0 Å². The molecule has 0 unspecified atom stereocenters. The highest BCUT2D eigenvalue weighted by Crippen LogP contribution is 2.20. The molecule has 1 aromatic rings. The number of carbonyl (C=O) groups is 1. The molecule has 0 atom stereocenters. The van der Waals surface area contributed by atoms with Crippen LogP contribution in [0.4, 0.5) is 0 Å². The number of methoxy groups -OCH3 is 1. The Morgan fingerprint density at radius 2 is 2.00 bits per heavy atom. The molecule has 0 aliphatic carbocycles. The van der Waals surface area contributed by atoms with Gasteiger partial charge in [-0.25, -0.2) is 13.2 Å². The molecule has 100 valence electrons. The Hall–Kier alpha value is -1.36. The molecule has 0 radical (unpaired) electrons. The number of carbonyl (C=O) groups excluding carboxylic acids is 1. The third-order valence-electron chi connectivity index (χ3n) is 2.69. The molecule has 1 aromatic carbocycles. The Bertz CT molecular complexity index is 532. The fraction of sp³-hybridized carbons (Fsp3) is 0.462. The highest BCUT2D eigenvalue weighted by atomic mass is 32.2. The second-order valence-electron chi connectivity index (χ2n) is 4.19. The molecule has 0 N–H and O–H groups in total. The zero-order valence-electron chi connectivity index (χ0n) is 10.9. The summed E-state index contributed by atoms with van der Waals surface area (Å²) in [4.78, 5) is 11.6. The van der Waals surface area contributed by atoms with Gasteiger partial charge in [0.15, 0.2) is 9.84 Å². The lowest BCUT2D eigenvalue weighted by atomic mass is 10.1. The van der Waals surface area contributed by atoms with E-state index in [1.165, 1.54) is 13.2 Å². The standard InChI is InChI=1S/C13H18O4S/c1-4-5-6-10-7-8-11(13(14)17-2)9-12(10)18(3,15)16/h7-9H,4-6H2,1-3H3. The quantitative estimate of drug-likeness (QED) is 0.770. The number of benzene rings is 1. The number of rotatable bonds is 5. The fourth-order valence-electron chi connectivity index (χ4n) is 1.72. The smallest absolute Gasteiger partial charge is 0.337 e. The molecule has 0 heterocycles. The lowest BCUT2D eigenvalue weighted by Crippen LogP contribution is -2.07. The van der Waals surface area contributed by atoms with Gasteiger partial charge in [-0.15, -0.1) is 0 Å². The van der Waals surface area contributed by atoms with Gasteiger partial charge in [-0.1, -0.05) is 19.4 Å². The van der Waals surface area contributed by atoms with Gasteiger partial charge in [-0.05, 0) is 30.5 Å². The molecule has 0 aliphatic rings. The number of hydrogen-bond acceptors (Lipinski definition) is 4. The summed E-state index contributed by atoms with van der Waals surface area (Å²) in [6, 6.07) is 4.69. The van der Waals surface area contributed by atoms with Crippen molar-refractivity contribution in [3.63, 3.8) is 0 Å². The lowest BCUT2D eigenvalue weighted by Gasteiger charge is -2.09. The maximum atomic E-state index is 11.7. The van der Waals surface area contributed by atoms with E-state index in [-0.39, 0.29) is 10.5 Å². The van der Waals surface area contributed by atoms with Crippen molar-refractivity contribution in [2.24, 2.45) is 0 Å². The van der Waals surface area contributed by atoms with Crippen LogP contribution in [0.1, 0.15) is 35.7 Å². The van der Waals surface area contributed by atoms with Crippen LogP contribution >= 0.6 is 0 Å². The van der Waals surface area contributed by atoms with E-state index in [4.69, 9.17) is 0 Å². The third-order valence-corrected chi connectivity index (χ3v) is 3.87. The van der Waals surface area contributed by atoms with Crippen molar-refractivity contribution >= 4 is 15.8 Å². The van der Waals surface area contributed by atoms with E-state index in [0.717, 1.165) is 24.7 Å². The maximum absolute atomic E-state index is 11.7. The molecule has 0 spiro atoms. The molecular weight excluding hydrogens is 252 g/mol. The Kier molecular flexibility index (Phi) is 4.90. The number of hydrogen-bond donors (Lipinski definition) is 0. The largest absolute Gasteiger partial charge is 0.465 e. The van der Waals surface area contributed by atoms with Gasteiger partial charge >= 0.3 is 5.97 Å². The van der Waals surface area contributed by atoms with Gasteiger partial charge in [0.2, 0.25) is 0 Å². The summed E-state index contributed by atoms with van der Waals surface area (Å²) in [6.07, 6.45) is 3.75. The highest BCUT2D eigenvalue weighted by Gasteiger charge is 2.16. The van der Waals surface area contributed by atoms with E-state index in [1.54, 1.807) is 12.1 Å². The SMILES string of the molecule is CCCCc1ccc(C(=O)OC)cc1S(C)(=O)=O. The third kappa shape index (κ3) is 3.57. The first-order chi connectivity index (χ1) is 8.40. The molecule has 0 saturated heterocycles. The predicted octanol–water partition coefficient (Wildman–Crippen LogP) is 2.22. The number of sulfone groups is 1. The van der Waals surface area contributed by atoms with Crippen molar-refractivity contribution < 1.29 is 17.9 Å². The molecule has 0 aromatic heterocycles. The Morgan fingerprint density at radius 3 is 2.50 bits per heavy atom. The number of ether oxygens (including phenoxy) is 1. The topological polar surface area (TPSA) is 60.4 Å². The van der Waals surface area contributed by atoms with Crippen molar-refractivity contribution in [1.29, 1.82) is 0 Å². The first-order valence-electron chi connectivity index (χ1n) is 5.81. The van der Waals surface area contributed by atoms with Crippen LogP contribution in [0.3, 0.4) is 0 Å². The minimum atomic E-state index is -3.34. The van der Waals surface area contributed by atoms with Crippen molar-refractivity contribution in [2.75, 3.05) is 13.4 Å². The molecule has 5 heteroatoms. The second-order valence-corrected chi connectivity index (χ2v) is 6.17. The zero-order valence-corrected chi connectivity index (χ0v) is 11.7. The maximum Gasteiger partial charge on any atom is 0.337 e. The molecule has 0 aliphatic heterocycles. The Morgan fingerprint density at radius 1 is 1.33 bits per heavy atom. The molecule has 0 fully saturated rings.